The molecule has 7 rings (SSSR count). The van der Waals surface area contributed by atoms with Crippen molar-refractivity contribution in [2.24, 2.45) is 4.99 Å². The number of hydrogen-bond acceptors (Lipinski definition) is 4. The Labute approximate surface area is 236 Å². The van der Waals surface area contributed by atoms with Crippen LogP contribution in [0.3, 0.4) is 0 Å². The first-order valence-corrected chi connectivity index (χ1v) is 14.4. The van der Waals surface area contributed by atoms with Crippen molar-refractivity contribution in [3.05, 3.63) is 139 Å². The Kier molecular flexibility index (Phi) is 5.93. The number of ether oxygens (including phenoxy) is 1. The number of thiazole rings is 1. The molecule has 0 fully saturated rings. The van der Waals surface area contributed by atoms with Gasteiger partial charge in [0.2, 0.25) is 0 Å². The summed E-state index contributed by atoms with van der Waals surface area (Å²) in [5.74, 6) is 0.797. The van der Waals surface area contributed by atoms with E-state index >= 15 is 0 Å². The van der Waals surface area contributed by atoms with Gasteiger partial charge in [0.15, 0.2) is 4.80 Å². The lowest BCUT2D eigenvalue weighted by molar-refractivity contribution is 0.414. The van der Waals surface area contributed by atoms with Crippen molar-refractivity contribution in [3.63, 3.8) is 0 Å². The van der Waals surface area contributed by atoms with Crippen molar-refractivity contribution in [1.29, 1.82) is 0 Å². The fourth-order valence-electron chi connectivity index (χ4n) is 6.24. The van der Waals surface area contributed by atoms with Gasteiger partial charge in [0.25, 0.3) is 5.56 Å². The third kappa shape index (κ3) is 3.74. The number of fused-ring (bicyclic) bond motifs is 4. The number of benzene rings is 3. The lowest BCUT2D eigenvalue weighted by Crippen LogP contribution is -2.38. The standard InChI is InChI=1S/C34H29N3O2S/c1-4-19-36-21(2)28(26-11-7-8-12-29(26)36)20-30-33(38)37-32(23-13-16-24(39-3)17-14-23)27-18-15-22-9-5-6-10-25(22)31(27)35-34(37)40-30/h4-14,16-17,20,32H,1,15,18-19H2,2-3H3. The van der Waals surface area contributed by atoms with Crippen LogP contribution in [0.2, 0.25) is 0 Å². The molecular formula is C34H29N3O2S. The average molecular weight is 544 g/mol. The van der Waals surface area contributed by atoms with Crippen LogP contribution in [-0.2, 0) is 13.0 Å². The average Bonchev–Trinajstić information content (AvgIpc) is 3.45. The third-order valence-corrected chi connectivity index (χ3v) is 9.15. The number of aromatic nitrogens is 2. The topological polar surface area (TPSA) is 48.5 Å². The number of nitrogens with zero attached hydrogens (tertiary/aromatic N) is 3. The summed E-state index contributed by atoms with van der Waals surface area (Å²) in [4.78, 5) is 20.1. The highest BCUT2D eigenvalue weighted by molar-refractivity contribution is 7.07. The molecule has 0 saturated carbocycles. The summed E-state index contributed by atoms with van der Waals surface area (Å²) < 4.78 is 10.3. The minimum Gasteiger partial charge on any atom is -0.497 e. The SMILES string of the molecule is C=CCn1c(C)c(C=c2sc3n(c2=O)C(c2ccc(OC)cc2)C2=C(N=3)c3ccccc3CC2)c2ccccc21. The predicted octanol–water partition coefficient (Wildman–Crippen LogP) is 5.78. The normalized spacial score (nSPS) is 16.4. The lowest BCUT2D eigenvalue weighted by atomic mass is 9.83. The van der Waals surface area contributed by atoms with Crippen LogP contribution in [0.25, 0.3) is 22.7 Å². The predicted molar refractivity (Wildman–Crippen MR) is 163 cm³/mol. The molecule has 0 spiro atoms. The van der Waals surface area contributed by atoms with Crippen molar-refractivity contribution >= 4 is 34.0 Å². The highest BCUT2D eigenvalue weighted by Crippen LogP contribution is 2.41. The maximum absolute atomic E-state index is 14.2. The Morgan fingerprint density at radius 2 is 1.82 bits per heavy atom. The molecule has 5 nitrogen and oxygen atoms in total. The minimum atomic E-state index is -0.212. The molecule has 40 heavy (non-hydrogen) atoms. The molecule has 3 aromatic carbocycles. The van der Waals surface area contributed by atoms with E-state index in [1.807, 2.05) is 28.8 Å². The Balaban J connectivity index is 1.49. The van der Waals surface area contributed by atoms with Gasteiger partial charge < -0.3 is 9.30 Å². The number of para-hydroxylation sites is 1. The van der Waals surface area contributed by atoms with Crippen molar-refractivity contribution in [2.75, 3.05) is 7.11 Å². The van der Waals surface area contributed by atoms with Crippen LogP contribution in [0, 0.1) is 6.92 Å². The van der Waals surface area contributed by atoms with Crippen molar-refractivity contribution in [1.82, 2.24) is 9.13 Å². The van der Waals surface area contributed by atoms with E-state index in [1.54, 1.807) is 7.11 Å². The van der Waals surface area contributed by atoms with E-state index in [1.165, 1.54) is 28.0 Å². The van der Waals surface area contributed by atoms with E-state index in [0.29, 0.717) is 11.1 Å². The van der Waals surface area contributed by atoms with Crippen molar-refractivity contribution in [3.8, 4) is 5.75 Å². The summed E-state index contributed by atoms with van der Waals surface area (Å²) in [6.45, 7) is 6.77. The molecule has 198 valence electrons. The van der Waals surface area contributed by atoms with E-state index < -0.39 is 0 Å². The van der Waals surface area contributed by atoms with Crippen LogP contribution in [0.1, 0.15) is 40.4 Å². The Morgan fingerprint density at radius 3 is 2.62 bits per heavy atom. The zero-order valence-electron chi connectivity index (χ0n) is 22.6. The first-order chi connectivity index (χ1) is 19.6. The number of allylic oxidation sites excluding steroid dienone is 2. The van der Waals surface area contributed by atoms with Crippen molar-refractivity contribution in [2.45, 2.75) is 32.4 Å². The first-order valence-electron chi connectivity index (χ1n) is 13.5. The molecule has 1 aliphatic heterocycles. The molecule has 6 heteroatoms. The van der Waals surface area contributed by atoms with Crippen LogP contribution in [0.4, 0.5) is 0 Å². The van der Waals surface area contributed by atoms with Gasteiger partial charge in [-0.05, 0) is 60.7 Å². The second kappa shape index (κ2) is 9.65. The van der Waals surface area contributed by atoms with Crippen LogP contribution in [0.5, 0.6) is 5.75 Å². The summed E-state index contributed by atoms with van der Waals surface area (Å²) in [7, 11) is 1.67. The first kappa shape index (κ1) is 24.6. The molecule has 2 aliphatic rings. The van der Waals surface area contributed by atoms with E-state index in [0.717, 1.165) is 56.8 Å². The number of aryl methyl sites for hydroxylation is 1. The highest BCUT2D eigenvalue weighted by Gasteiger charge is 2.32. The fourth-order valence-corrected chi connectivity index (χ4v) is 7.23. The van der Waals surface area contributed by atoms with Crippen LogP contribution in [0.15, 0.2) is 101 Å². The monoisotopic (exact) mass is 543 g/mol. The summed E-state index contributed by atoms with van der Waals surface area (Å²) in [5, 5.41) is 1.13. The largest absolute Gasteiger partial charge is 0.497 e. The molecular weight excluding hydrogens is 514 g/mol. The van der Waals surface area contributed by atoms with Gasteiger partial charge in [-0.1, -0.05) is 72.0 Å². The van der Waals surface area contributed by atoms with Gasteiger partial charge in [-0.3, -0.25) is 9.36 Å². The minimum absolute atomic E-state index is 0.00470. The number of rotatable bonds is 5. The lowest BCUT2D eigenvalue weighted by Gasteiger charge is -2.30. The molecule has 3 heterocycles. The number of hydrogen-bond donors (Lipinski definition) is 0. The molecule has 0 radical (unpaired) electrons. The van der Waals surface area contributed by atoms with Crippen molar-refractivity contribution < 1.29 is 4.74 Å². The van der Waals surface area contributed by atoms with Gasteiger partial charge in [-0.2, -0.15) is 0 Å². The quantitative estimate of drug-likeness (QED) is 0.264. The van der Waals surface area contributed by atoms with E-state index in [2.05, 4.69) is 78.7 Å². The smallest absolute Gasteiger partial charge is 0.271 e. The summed E-state index contributed by atoms with van der Waals surface area (Å²) in [6.07, 6.45) is 5.77. The summed E-state index contributed by atoms with van der Waals surface area (Å²) in [6, 6.07) is 24.7. The van der Waals surface area contributed by atoms with Crippen LogP contribution >= 0.6 is 11.3 Å². The Bertz CT molecular complexity index is 2020. The molecule has 1 unspecified atom stereocenters. The van der Waals surface area contributed by atoms with E-state index in [4.69, 9.17) is 9.73 Å². The zero-order chi connectivity index (χ0) is 27.4. The summed E-state index contributed by atoms with van der Waals surface area (Å²) in [5.41, 5.74) is 9.07. The maximum Gasteiger partial charge on any atom is 0.271 e. The van der Waals surface area contributed by atoms with Gasteiger partial charge in [-0.25, -0.2) is 4.99 Å². The molecule has 2 aromatic heterocycles. The second-order valence-electron chi connectivity index (χ2n) is 10.3. The molecule has 0 saturated heterocycles. The Morgan fingerprint density at radius 1 is 1.05 bits per heavy atom. The molecule has 0 bridgehead atoms. The molecule has 1 atom stereocenters. The number of methoxy groups -OCH3 is 1. The van der Waals surface area contributed by atoms with Gasteiger partial charge in [-0.15, -0.1) is 6.58 Å². The van der Waals surface area contributed by atoms with E-state index in [-0.39, 0.29) is 11.6 Å². The van der Waals surface area contributed by atoms with Crippen LogP contribution < -0.4 is 19.6 Å². The van der Waals surface area contributed by atoms with Crippen LogP contribution in [-0.4, -0.2) is 16.2 Å². The maximum atomic E-state index is 14.2. The third-order valence-electron chi connectivity index (χ3n) is 8.17. The van der Waals surface area contributed by atoms with Gasteiger partial charge in [0, 0.05) is 34.3 Å². The van der Waals surface area contributed by atoms with Gasteiger partial charge >= 0.3 is 0 Å². The Hall–Kier alpha value is -4.42. The van der Waals surface area contributed by atoms with Gasteiger partial charge in [0.05, 0.1) is 23.4 Å². The van der Waals surface area contributed by atoms with Gasteiger partial charge in [0.1, 0.15) is 5.75 Å². The molecule has 5 aromatic rings. The summed E-state index contributed by atoms with van der Waals surface area (Å²) >= 11 is 1.47. The molecule has 1 aliphatic carbocycles. The van der Waals surface area contributed by atoms with E-state index in [9.17, 15) is 4.79 Å². The molecule has 0 N–H and O–H groups in total. The fraction of sp³-hybridized carbons (Fsp3) is 0.176. The zero-order valence-corrected chi connectivity index (χ0v) is 23.4. The second-order valence-corrected chi connectivity index (χ2v) is 11.3. The highest BCUT2D eigenvalue weighted by atomic mass is 32.1. The molecule has 0 amide bonds.